The second-order valence-corrected chi connectivity index (χ2v) is 12.0. The number of halogens is 3. The van der Waals surface area contributed by atoms with E-state index in [1.54, 1.807) is 12.1 Å². The third kappa shape index (κ3) is 4.70. The number of morpholine rings is 1. The Bertz CT molecular complexity index is 1810. The lowest BCUT2D eigenvalue weighted by Crippen LogP contribution is -2.46. The Morgan fingerprint density at radius 1 is 1.16 bits per heavy atom. The molecule has 3 atom stereocenters. The average Bonchev–Trinajstić information content (AvgIpc) is 3.55. The van der Waals surface area contributed by atoms with E-state index in [1.165, 1.54) is 24.3 Å². The van der Waals surface area contributed by atoms with Crippen molar-refractivity contribution in [2.75, 3.05) is 44.4 Å². The summed E-state index contributed by atoms with van der Waals surface area (Å²) in [4.78, 5) is 13.6. The van der Waals surface area contributed by atoms with Crippen molar-refractivity contribution in [2.45, 2.75) is 50.4 Å². The molecule has 3 saturated heterocycles. The molecule has 3 unspecified atom stereocenters. The maximum Gasteiger partial charge on any atom is 0.319 e. The number of terminal acetylenes is 1. The summed E-state index contributed by atoms with van der Waals surface area (Å²) in [5.41, 5.74) is -0.0880. The van der Waals surface area contributed by atoms with Gasteiger partial charge in [0.05, 0.1) is 30.4 Å². The molecule has 10 heteroatoms. The number of hydrogen-bond acceptors (Lipinski definition) is 7. The number of fused-ring (bicyclic) bond motifs is 3. The first kappa shape index (κ1) is 28.7. The van der Waals surface area contributed by atoms with Crippen LogP contribution in [0.5, 0.6) is 11.8 Å². The second kappa shape index (κ2) is 11.1. The smallest absolute Gasteiger partial charge is 0.319 e. The number of alkyl halides is 1. The molecule has 228 valence electrons. The second-order valence-electron chi connectivity index (χ2n) is 12.0. The number of nitrogens with zero attached hydrogens (tertiary/aromatic N) is 4. The molecule has 1 N–H and O–H groups in total. The van der Waals surface area contributed by atoms with E-state index in [1.807, 2.05) is 0 Å². The van der Waals surface area contributed by atoms with Gasteiger partial charge in [0, 0.05) is 35.8 Å². The van der Waals surface area contributed by atoms with E-state index in [0.29, 0.717) is 54.7 Å². The first-order valence-electron chi connectivity index (χ1n) is 15.1. The van der Waals surface area contributed by atoms with E-state index in [0.717, 1.165) is 25.8 Å². The van der Waals surface area contributed by atoms with Crippen LogP contribution in [0.3, 0.4) is 0 Å². The molecule has 3 fully saturated rings. The van der Waals surface area contributed by atoms with Gasteiger partial charge in [-0.3, -0.25) is 4.90 Å². The molecule has 7 rings (SSSR count). The number of ether oxygens (including phenoxy) is 2. The zero-order chi connectivity index (χ0) is 30.6. The van der Waals surface area contributed by atoms with E-state index in [2.05, 4.69) is 27.6 Å². The number of aromatic nitrogens is 2. The molecule has 0 saturated carbocycles. The molecule has 0 radical (unpaired) electrons. The predicted molar refractivity (Wildman–Crippen MR) is 163 cm³/mol. The van der Waals surface area contributed by atoms with Crippen molar-refractivity contribution in [3.8, 4) is 35.2 Å². The number of hydrogen-bond donors (Lipinski definition) is 1. The fourth-order valence-electron chi connectivity index (χ4n) is 7.32. The zero-order valence-corrected chi connectivity index (χ0v) is 24.5. The molecule has 4 heterocycles. The van der Waals surface area contributed by atoms with Crippen molar-refractivity contribution in [1.82, 2.24) is 14.9 Å². The van der Waals surface area contributed by atoms with Crippen LogP contribution in [0.2, 0.25) is 0 Å². The van der Waals surface area contributed by atoms with Crippen molar-refractivity contribution in [1.29, 1.82) is 0 Å². The number of benzene rings is 3. The summed E-state index contributed by atoms with van der Waals surface area (Å²) in [5, 5.41) is 11.8. The topological polar surface area (TPSA) is 71.0 Å². The van der Waals surface area contributed by atoms with E-state index >= 15 is 4.39 Å². The first-order chi connectivity index (χ1) is 21.3. The Morgan fingerprint density at radius 3 is 2.84 bits per heavy atom. The molecule has 0 spiro atoms. The van der Waals surface area contributed by atoms with Gasteiger partial charge in [0.15, 0.2) is 5.82 Å². The van der Waals surface area contributed by atoms with Crippen molar-refractivity contribution < 1.29 is 27.8 Å². The monoisotopic (exact) mass is 602 g/mol. The minimum absolute atomic E-state index is 0.00422. The van der Waals surface area contributed by atoms with Gasteiger partial charge in [0.1, 0.15) is 35.7 Å². The SMILES string of the molecule is C#Cc1c(F)ccc2cc(O)cc(-c3ccc4c(N5CCOCC5CC)nc(OCC56CCCN5CC(F)C6)nc4c3F)c12. The van der Waals surface area contributed by atoms with Crippen LogP contribution < -0.4 is 9.64 Å². The molecule has 1 aromatic heterocycles. The van der Waals surface area contributed by atoms with Crippen molar-refractivity contribution in [3.05, 3.63) is 53.6 Å². The quantitative estimate of drug-likeness (QED) is 0.272. The lowest BCUT2D eigenvalue weighted by atomic mass is 9.93. The highest BCUT2D eigenvalue weighted by Gasteiger charge is 2.49. The standard InChI is InChI=1S/C34H33F3N4O3/c1-3-22-18-43-13-12-41(22)32-26-8-7-25(27-15-23(42)14-20-6-9-28(36)24(4-2)29(20)27)30(37)31(26)38-33(39-32)44-19-34-10-5-11-40(34)17-21(35)16-34/h2,6-9,14-15,21-22,42H,3,5,10-13,16-19H2,1H3. The van der Waals surface area contributed by atoms with E-state index < -0.39 is 23.3 Å². The highest BCUT2D eigenvalue weighted by Crippen LogP contribution is 2.42. The number of anilines is 1. The Balaban J connectivity index is 1.39. The molecule has 3 aliphatic rings. The van der Waals surface area contributed by atoms with Gasteiger partial charge in [-0.2, -0.15) is 9.97 Å². The number of phenolic OH excluding ortho intramolecular Hbond substituents is 1. The summed E-state index contributed by atoms with van der Waals surface area (Å²) in [7, 11) is 0. The fraction of sp³-hybridized carbons (Fsp3) is 0.412. The van der Waals surface area contributed by atoms with E-state index in [9.17, 15) is 13.9 Å². The summed E-state index contributed by atoms with van der Waals surface area (Å²) in [6, 6.07) is 8.91. The van der Waals surface area contributed by atoms with Gasteiger partial charge in [0.25, 0.3) is 0 Å². The van der Waals surface area contributed by atoms with Crippen LogP contribution >= 0.6 is 0 Å². The van der Waals surface area contributed by atoms with Crippen molar-refractivity contribution in [3.63, 3.8) is 0 Å². The van der Waals surface area contributed by atoms with Crippen LogP contribution in [0, 0.1) is 24.0 Å². The maximum atomic E-state index is 16.8. The van der Waals surface area contributed by atoms with Crippen molar-refractivity contribution >= 4 is 27.5 Å². The van der Waals surface area contributed by atoms with E-state index in [-0.39, 0.29) is 46.6 Å². The first-order valence-corrected chi connectivity index (χ1v) is 15.1. The van der Waals surface area contributed by atoms with Gasteiger partial charge in [0.2, 0.25) is 0 Å². The summed E-state index contributed by atoms with van der Waals surface area (Å²) in [5.74, 6) is 1.50. The molecule has 4 aromatic rings. The molecule has 3 aliphatic heterocycles. The van der Waals surface area contributed by atoms with Gasteiger partial charge < -0.3 is 19.5 Å². The summed E-state index contributed by atoms with van der Waals surface area (Å²) in [6.07, 6.45) is 7.71. The third-order valence-electron chi connectivity index (χ3n) is 9.45. The summed E-state index contributed by atoms with van der Waals surface area (Å²) >= 11 is 0. The minimum atomic E-state index is -0.916. The highest BCUT2D eigenvalue weighted by atomic mass is 19.1. The van der Waals surface area contributed by atoms with Gasteiger partial charge in [-0.1, -0.05) is 25.0 Å². The number of rotatable bonds is 6. The van der Waals surface area contributed by atoms with Crippen LogP contribution in [-0.2, 0) is 4.74 Å². The van der Waals surface area contributed by atoms with Crippen molar-refractivity contribution in [2.24, 2.45) is 0 Å². The molecule has 0 aliphatic carbocycles. The van der Waals surface area contributed by atoms with Crippen LogP contribution in [0.1, 0.15) is 38.2 Å². The third-order valence-corrected chi connectivity index (χ3v) is 9.45. The number of aromatic hydroxyl groups is 1. The molecule has 44 heavy (non-hydrogen) atoms. The normalized spacial score (nSPS) is 23.8. The van der Waals surface area contributed by atoms with Crippen LogP contribution in [0.25, 0.3) is 32.8 Å². The molecule has 3 aromatic carbocycles. The fourth-order valence-corrected chi connectivity index (χ4v) is 7.32. The zero-order valence-electron chi connectivity index (χ0n) is 24.5. The van der Waals surface area contributed by atoms with Gasteiger partial charge in [-0.15, -0.1) is 6.42 Å². The summed E-state index contributed by atoms with van der Waals surface area (Å²) < 4.78 is 58.0. The van der Waals surface area contributed by atoms with Gasteiger partial charge >= 0.3 is 6.01 Å². The highest BCUT2D eigenvalue weighted by molar-refractivity contribution is 6.04. The Labute approximate surface area is 253 Å². The minimum Gasteiger partial charge on any atom is -0.508 e. The largest absolute Gasteiger partial charge is 0.508 e. The molecule has 0 amide bonds. The number of phenols is 1. The molecule has 7 nitrogen and oxygen atoms in total. The van der Waals surface area contributed by atoms with Crippen LogP contribution in [-0.4, -0.2) is 77.2 Å². The van der Waals surface area contributed by atoms with Gasteiger partial charge in [-0.25, -0.2) is 13.2 Å². The van der Waals surface area contributed by atoms with Crippen LogP contribution in [0.4, 0.5) is 19.0 Å². The molecular weight excluding hydrogens is 569 g/mol. The lowest BCUT2D eigenvalue weighted by Gasteiger charge is -2.36. The Morgan fingerprint density at radius 2 is 2.02 bits per heavy atom. The average molecular weight is 603 g/mol. The molecule has 0 bridgehead atoms. The lowest BCUT2D eigenvalue weighted by molar-refractivity contribution is 0.0921. The van der Waals surface area contributed by atoms with Crippen LogP contribution in [0.15, 0.2) is 36.4 Å². The Kier molecular flexibility index (Phi) is 7.26. The molecular formula is C34H33F3N4O3. The predicted octanol–water partition coefficient (Wildman–Crippen LogP) is 5.99. The van der Waals surface area contributed by atoms with Gasteiger partial charge in [-0.05, 0) is 61.0 Å². The Hall–Kier alpha value is -4.07. The summed E-state index contributed by atoms with van der Waals surface area (Å²) in [6.45, 7) is 5.00. The maximum absolute atomic E-state index is 16.8. The van der Waals surface area contributed by atoms with E-state index in [4.69, 9.17) is 20.9 Å².